The number of carbonyl (C=O) groups is 1. The fourth-order valence-corrected chi connectivity index (χ4v) is 6.42. The van der Waals surface area contributed by atoms with Crippen LogP contribution in [0.4, 0.5) is 24.7 Å². The monoisotopic (exact) mass is 617 g/mol. The Morgan fingerprint density at radius 2 is 2.00 bits per heavy atom. The maximum atomic E-state index is 14.0. The van der Waals surface area contributed by atoms with E-state index in [4.69, 9.17) is 32.9 Å². The first-order valence-electron chi connectivity index (χ1n) is 14.3. The van der Waals surface area contributed by atoms with Gasteiger partial charge in [-0.15, -0.1) is 0 Å². The third-order valence-corrected chi connectivity index (χ3v) is 8.88. The van der Waals surface area contributed by atoms with Gasteiger partial charge in [-0.2, -0.15) is 23.1 Å². The number of hydrogen-bond donors (Lipinski definition) is 0. The number of rotatable bonds is 8. The molecule has 1 aromatic heterocycles. The first-order valence-corrected chi connectivity index (χ1v) is 14.7. The zero-order valence-corrected chi connectivity index (χ0v) is 25.0. The lowest BCUT2D eigenvalue weighted by Gasteiger charge is -2.41. The van der Waals surface area contributed by atoms with Crippen molar-refractivity contribution in [1.29, 1.82) is 0 Å². The summed E-state index contributed by atoms with van der Waals surface area (Å²) in [5, 5.41) is -0.350. The molecule has 2 fully saturated rings. The van der Waals surface area contributed by atoms with E-state index >= 15 is 0 Å². The van der Waals surface area contributed by atoms with Gasteiger partial charge in [-0.3, -0.25) is 4.79 Å². The van der Waals surface area contributed by atoms with Gasteiger partial charge in [0.1, 0.15) is 11.9 Å². The number of aromatic nitrogens is 2. The molecular weight excluding hydrogens is 583 g/mol. The molecule has 1 amide bonds. The number of piperazine rings is 1. The lowest BCUT2D eigenvalue weighted by atomic mass is 9.80. The third-order valence-electron chi connectivity index (χ3n) is 8.57. The predicted octanol–water partition coefficient (Wildman–Crippen LogP) is 4.55. The molecule has 0 radical (unpaired) electrons. The highest BCUT2D eigenvalue weighted by molar-refractivity contribution is 6.31. The van der Waals surface area contributed by atoms with Crippen LogP contribution in [-0.4, -0.2) is 91.2 Å². The van der Waals surface area contributed by atoms with Gasteiger partial charge in [0.2, 0.25) is 12.5 Å². The predicted molar refractivity (Wildman–Crippen MR) is 158 cm³/mol. The van der Waals surface area contributed by atoms with Gasteiger partial charge >= 0.3 is 12.2 Å². The van der Waals surface area contributed by atoms with Crippen molar-refractivity contribution in [2.75, 3.05) is 63.2 Å². The van der Waals surface area contributed by atoms with Crippen molar-refractivity contribution in [2.24, 2.45) is 5.92 Å². The van der Waals surface area contributed by atoms with Gasteiger partial charge in [-0.05, 0) is 57.5 Å². The zero-order chi connectivity index (χ0) is 30.9. The van der Waals surface area contributed by atoms with Crippen molar-refractivity contribution >= 4 is 29.0 Å². The van der Waals surface area contributed by atoms with Crippen LogP contribution in [0.1, 0.15) is 29.7 Å². The fourth-order valence-electron chi connectivity index (χ4n) is 6.14. The standard InChI is InChI=1S/C30H35ClF3N7O2/c1-5-26(42)41-12-11-40(16-21(41)15-35-2)28-22-9-10-39(25-8-6-7-23(31)27(25)30(32,33)34)17-24(22)36-29(37-28)43-18-19-13-20(14-19)38(3)4/h5-8,19-21H,1,9-18H2,3-4H3/t19?,20?,21-/m0/s1. The number of carbonyl (C=O) groups excluding carboxylic acids is 1. The summed E-state index contributed by atoms with van der Waals surface area (Å²) < 4.78 is 48.2. The Bertz CT molecular complexity index is 1410. The van der Waals surface area contributed by atoms with Gasteiger partial charge in [0, 0.05) is 37.8 Å². The molecular formula is C30H35ClF3N7O2. The molecule has 2 aliphatic heterocycles. The number of ether oxygens (including phenoxy) is 1. The lowest BCUT2D eigenvalue weighted by Crippen LogP contribution is -2.56. The summed E-state index contributed by atoms with van der Waals surface area (Å²) in [5.41, 5.74) is 0.563. The molecule has 1 saturated carbocycles. The Kier molecular flexibility index (Phi) is 9.04. The maximum Gasteiger partial charge on any atom is 0.419 e. The highest BCUT2D eigenvalue weighted by Crippen LogP contribution is 2.43. The summed E-state index contributed by atoms with van der Waals surface area (Å²) in [6, 6.07) is 4.53. The summed E-state index contributed by atoms with van der Waals surface area (Å²) in [4.78, 5) is 33.1. The maximum absolute atomic E-state index is 14.0. The molecule has 43 heavy (non-hydrogen) atoms. The Morgan fingerprint density at radius 1 is 1.23 bits per heavy atom. The van der Waals surface area contributed by atoms with Crippen molar-refractivity contribution in [3.8, 4) is 6.01 Å². The van der Waals surface area contributed by atoms with E-state index < -0.39 is 11.7 Å². The molecule has 1 atom stereocenters. The Labute approximate surface area is 254 Å². The van der Waals surface area contributed by atoms with Gasteiger partial charge in [0.15, 0.2) is 0 Å². The van der Waals surface area contributed by atoms with Crippen molar-refractivity contribution in [2.45, 2.75) is 44.1 Å². The van der Waals surface area contributed by atoms with E-state index in [2.05, 4.69) is 30.4 Å². The third kappa shape index (κ3) is 6.53. The second kappa shape index (κ2) is 12.6. The number of halogens is 4. The lowest BCUT2D eigenvalue weighted by molar-refractivity contribution is -0.137. The van der Waals surface area contributed by atoms with Crippen LogP contribution in [0.2, 0.25) is 5.02 Å². The number of benzene rings is 1. The van der Waals surface area contributed by atoms with Gasteiger partial charge < -0.3 is 29.2 Å². The van der Waals surface area contributed by atoms with E-state index in [1.165, 1.54) is 24.3 Å². The average Bonchev–Trinajstić information content (AvgIpc) is 2.94. The van der Waals surface area contributed by atoms with Gasteiger partial charge in [-0.1, -0.05) is 24.2 Å². The zero-order valence-electron chi connectivity index (χ0n) is 24.3. The number of nitrogens with zero attached hydrogens (tertiary/aromatic N) is 7. The molecule has 1 aliphatic carbocycles. The topological polar surface area (TPSA) is 69.4 Å². The highest BCUT2D eigenvalue weighted by atomic mass is 35.5. The van der Waals surface area contributed by atoms with Crippen molar-refractivity contribution < 1.29 is 22.7 Å². The minimum atomic E-state index is -4.62. The first kappa shape index (κ1) is 30.9. The highest BCUT2D eigenvalue weighted by Gasteiger charge is 2.39. The van der Waals surface area contributed by atoms with Crippen LogP contribution in [0.25, 0.3) is 4.85 Å². The second-order valence-corrected chi connectivity index (χ2v) is 11.9. The van der Waals surface area contributed by atoms with Crippen LogP contribution in [0.15, 0.2) is 30.9 Å². The Balaban J connectivity index is 1.46. The molecule has 5 rings (SSSR count). The minimum absolute atomic E-state index is 0.00569. The molecule has 0 spiro atoms. The smallest absolute Gasteiger partial charge is 0.419 e. The van der Waals surface area contributed by atoms with Crippen molar-refractivity contribution in [1.82, 2.24) is 19.8 Å². The minimum Gasteiger partial charge on any atom is -0.463 e. The van der Waals surface area contributed by atoms with E-state index in [-0.39, 0.29) is 41.8 Å². The molecule has 1 saturated heterocycles. The van der Waals surface area contributed by atoms with Crippen LogP contribution in [-0.2, 0) is 23.9 Å². The number of hydrogen-bond acceptors (Lipinski definition) is 7. The number of alkyl halides is 3. The van der Waals surface area contributed by atoms with E-state index in [9.17, 15) is 18.0 Å². The van der Waals surface area contributed by atoms with Crippen LogP contribution >= 0.6 is 11.6 Å². The van der Waals surface area contributed by atoms with Crippen LogP contribution in [0.3, 0.4) is 0 Å². The summed E-state index contributed by atoms with van der Waals surface area (Å²) in [6.07, 6.45) is -0.948. The van der Waals surface area contributed by atoms with E-state index in [1.807, 2.05) is 4.90 Å². The molecule has 2 aromatic rings. The Morgan fingerprint density at radius 3 is 2.67 bits per heavy atom. The summed E-state index contributed by atoms with van der Waals surface area (Å²) in [5.74, 6) is 0.780. The molecule has 9 nitrogen and oxygen atoms in total. The molecule has 0 bridgehead atoms. The summed E-state index contributed by atoms with van der Waals surface area (Å²) in [6.45, 7) is 13.3. The quantitative estimate of drug-likeness (QED) is 0.318. The van der Waals surface area contributed by atoms with E-state index in [0.717, 1.165) is 18.4 Å². The normalized spacial score (nSPS) is 22.1. The molecule has 230 valence electrons. The SMILES string of the molecule is [C-]#[N+]C[C@H]1CN(c2nc(OCC3CC(N(C)C)C3)nc3c2CCN(c2cccc(Cl)c2C(F)(F)F)C3)CCN1C(=O)C=C. The molecule has 3 aliphatic rings. The largest absolute Gasteiger partial charge is 0.463 e. The number of anilines is 2. The Hall–Kier alpha value is -3.56. The molecule has 0 unspecified atom stereocenters. The number of fused-ring (bicyclic) bond motifs is 1. The molecule has 3 heterocycles. The molecule has 0 N–H and O–H groups in total. The first-order chi connectivity index (χ1) is 20.5. The van der Waals surface area contributed by atoms with Gasteiger partial charge in [-0.25, -0.2) is 6.57 Å². The van der Waals surface area contributed by atoms with E-state index in [1.54, 1.807) is 9.80 Å². The summed E-state index contributed by atoms with van der Waals surface area (Å²) in [7, 11) is 4.11. The number of amides is 1. The molecule has 1 aromatic carbocycles. The second-order valence-electron chi connectivity index (χ2n) is 11.5. The van der Waals surface area contributed by atoms with Crippen LogP contribution in [0.5, 0.6) is 6.01 Å². The average molecular weight is 618 g/mol. The van der Waals surface area contributed by atoms with Crippen LogP contribution < -0.4 is 14.5 Å². The fraction of sp³-hybridized carbons (Fsp3) is 0.533. The van der Waals surface area contributed by atoms with E-state index in [0.29, 0.717) is 62.7 Å². The van der Waals surface area contributed by atoms with Gasteiger partial charge in [0.25, 0.3) is 0 Å². The summed E-state index contributed by atoms with van der Waals surface area (Å²) >= 11 is 6.03. The van der Waals surface area contributed by atoms with Crippen molar-refractivity contribution in [3.63, 3.8) is 0 Å². The van der Waals surface area contributed by atoms with Crippen molar-refractivity contribution in [3.05, 3.63) is 64.1 Å². The van der Waals surface area contributed by atoms with Gasteiger partial charge in [0.05, 0.1) is 35.1 Å². The van der Waals surface area contributed by atoms with Crippen LogP contribution in [0, 0.1) is 12.5 Å². The molecule has 13 heteroatoms.